The van der Waals surface area contributed by atoms with Crippen molar-refractivity contribution in [3.8, 4) is 5.75 Å². The van der Waals surface area contributed by atoms with Crippen molar-refractivity contribution in [3.63, 3.8) is 0 Å². The highest BCUT2D eigenvalue weighted by molar-refractivity contribution is 5.29. The first kappa shape index (κ1) is 15.3. The van der Waals surface area contributed by atoms with E-state index in [2.05, 4.69) is 20.1 Å². The van der Waals surface area contributed by atoms with Crippen LogP contribution in [0.3, 0.4) is 0 Å². The summed E-state index contributed by atoms with van der Waals surface area (Å²) in [5.41, 5.74) is 0.848. The van der Waals surface area contributed by atoms with Crippen molar-refractivity contribution in [2.24, 2.45) is 7.05 Å². The van der Waals surface area contributed by atoms with Gasteiger partial charge in [0.1, 0.15) is 12.1 Å². The van der Waals surface area contributed by atoms with E-state index >= 15 is 0 Å². The fourth-order valence-corrected chi connectivity index (χ4v) is 1.79. The van der Waals surface area contributed by atoms with Crippen molar-refractivity contribution in [2.45, 2.75) is 25.9 Å². The lowest BCUT2D eigenvalue weighted by Crippen LogP contribution is -2.19. The van der Waals surface area contributed by atoms with Gasteiger partial charge in [-0.3, -0.25) is 4.68 Å². The normalized spacial score (nSPS) is 13.2. The molecule has 0 radical (unpaired) electrons. The molecule has 5 nitrogen and oxygen atoms in total. The lowest BCUT2D eigenvalue weighted by atomic mass is 10.1. The van der Waals surface area contributed by atoms with E-state index in [1.807, 2.05) is 6.92 Å². The molecule has 2 aromatic rings. The van der Waals surface area contributed by atoms with Crippen molar-refractivity contribution in [3.05, 3.63) is 42.0 Å². The van der Waals surface area contributed by atoms with E-state index in [-0.39, 0.29) is 11.8 Å². The van der Waals surface area contributed by atoms with E-state index in [4.69, 9.17) is 0 Å². The van der Waals surface area contributed by atoms with Gasteiger partial charge in [-0.05, 0) is 24.6 Å². The Hall–Kier alpha value is -2.09. The molecule has 0 bridgehead atoms. The molecule has 114 valence electrons. The largest absolute Gasteiger partial charge is 0.573 e. The van der Waals surface area contributed by atoms with Crippen LogP contribution in [-0.2, 0) is 13.6 Å². The van der Waals surface area contributed by atoms with Gasteiger partial charge < -0.3 is 10.1 Å². The summed E-state index contributed by atoms with van der Waals surface area (Å²) in [6.07, 6.45) is -3.07. The second-order valence-corrected chi connectivity index (χ2v) is 4.55. The first-order valence-electron chi connectivity index (χ1n) is 6.27. The summed E-state index contributed by atoms with van der Waals surface area (Å²) in [5.74, 6) is 0.422. The molecule has 0 saturated heterocycles. The predicted octanol–water partition coefficient (Wildman–Crippen LogP) is 2.56. The summed E-state index contributed by atoms with van der Waals surface area (Å²) in [4.78, 5) is 4.08. The van der Waals surface area contributed by atoms with Gasteiger partial charge >= 0.3 is 6.36 Å². The standard InChI is InChI=1S/C13H15F3N4O/c1-9(17-7-12-18-8-20(2)19-12)10-3-5-11(6-4-10)21-13(14,15)16/h3-6,8-9,17H,7H2,1-2H3. The Kier molecular flexibility index (Phi) is 4.46. The number of nitrogens with one attached hydrogen (secondary N) is 1. The summed E-state index contributed by atoms with van der Waals surface area (Å²) < 4.78 is 41.6. The summed E-state index contributed by atoms with van der Waals surface area (Å²) in [5, 5.41) is 7.32. The smallest absolute Gasteiger partial charge is 0.406 e. The fraction of sp³-hybridized carbons (Fsp3) is 0.385. The van der Waals surface area contributed by atoms with Gasteiger partial charge in [-0.25, -0.2) is 4.98 Å². The molecule has 0 aliphatic heterocycles. The number of aryl methyl sites for hydroxylation is 1. The van der Waals surface area contributed by atoms with Gasteiger partial charge in [0.2, 0.25) is 0 Å². The lowest BCUT2D eigenvalue weighted by Gasteiger charge is -2.14. The van der Waals surface area contributed by atoms with Crippen LogP contribution < -0.4 is 10.1 Å². The molecule has 1 aromatic heterocycles. The molecule has 0 saturated carbocycles. The molecular weight excluding hydrogens is 285 g/mol. The third kappa shape index (κ3) is 4.75. The Morgan fingerprint density at radius 3 is 2.48 bits per heavy atom. The molecule has 0 fully saturated rings. The van der Waals surface area contributed by atoms with Crippen LogP contribution in [0.5, 0.6) is 5.75 Å². The Morgan fingerprint density at radius 1 is 1.29 bits per heavy atom. The van der Waals surface area contributed by atoms with E-state index in [9.17, 15) is 13.2 Å². The van der Waals surface area contributed by atoms with Gasteiger partial charge in [-0.1, -0.05) is 12.1 Å². The highest BCUT2D eigenvalue weighted by Gasteiger charge is 2.30. The Morgan fingerprint density at radius 2 is 1.95 bits per heavy atom. The van der Waals surface area contributed by atoms with Crippen molar-refractivity contribution in [1.29, 1.82) is 0 Å². The van der Waals surface area contributed by atoms with E-state index in [1.165, 1.54) is 12.1 Å². The number of ether oxygens (including phenoxy) is 1. The second-order valence-electron chi connectivity index (χ2n) is 4.55. The van der Waals surface area contributed by atoms with Gasteiger partial charge in [0.15, 0.2) is 5.82 Å². The first-order valence-corrected chi connectivity index (χ1v) is 6.27. The first-order chi connectivity index (χ1) is 9.83. The molecule has 21 heavy (non-hydrogen) atoms. The maximum Gasteiger partial charge on any atom is 0.573 e. The molecule has 1 heterocycles. The third-order valence-corrected chi connectivity index (χ3v) is 2.83. The van der Waals surface area contributed by atoms with Crippen LogP contribution in [-0.4, -0.2) is 21.1 Å². The van der Waals surface area contributed by atoms with Crippen LogP contribution in [0.2, 0.25) is 0 Å². The predicted molar refractivity (Wildman–Crippen MR) is 69.4 cm³/mol. The van der Waals surface area contributed by atoms with Crippen LogP contribution in [0.15, 0.2) is 30.6 Å². The van der Waals surface area contributed by atoms with Crippen molar-refractivity contribution in [2.75, 3.05) is 0 Å². The van der Waals surface area contributed by atoms with Crippen molar-refractivity contribution in [1.82, 2.24) is 20.1 Å². The highest BCUT2D eigenvalue weighted by atomic mass is 19.4. The number of alkyl halides is 3. The van der Waals surface area contributed by atoms with E-state index < -0.39 is 6.36 Å². The number of hydrogen-bond donors (Lipinski definition) is 1. The van der Waals surface area contributed by atoms with Gasteiger partial charge in [-0.15, -0.1) is 13.2 Å². The number of halogens is 3. The van der Waals surface area contributed by atoms with E-state index in [0.717, 1.165) is 5.56 Å². The zero-order valence-electron chi connectivity index (χ0n) is 11.6. The summed E-state index contributed by atoms with van der Waals surface area (Å²) in [7, 11) is 1.78. The van der Waals surface area contributed by atoms with Crippen LogP contribution in [0, 0.1) is 0 Å². The van der Waals surface area contributed by atoms with Crippen LogP contribution >= 0.6 is 0 Å². The third-order valence-electron chi connectivity index (χ3n) is 2.83. The molecule has 1 atom stereocenters. The van der Waals surface area contributed by atoms with Crippen LogP contribution in [0.4, 0.5) is 13.2 Å². The molecular formula is C13H15F3N4O. The van der Waals surface area contributed by atoms with E-state index in [1.54, 1.807) is 30.2 Å². The Labute approximate surface area is 119 Å². The SMILES string of the molecule is CC(NCc1ncn(C)n1)c1ccc(OC(F)(F)F)cc1. The van der Waals surface area contributed by atoms with Crippen LogP contribution in [0.25, 0.3) is 0 Å². The summed E-state index contributed by atoms with van der Waals surface area (Å²) >= 11 is 0. The van der Waals surface area contributed by atoms with Crippen molar-refractivity contribution < 1.29 is 17.9 Å². The number of benzene rings is 1. The maximum absolute atomic E-state index is 12.1. The number of rotatable bonds is 5. The zero-order valence-corrected chi connectivity index (χ0v) is 11.6. The molecule has 1 unspecified atom stereocenters. The molecule has 0 amide bonds. The average Bonchev–Trinajstić information content (AvgIpc) is 2.81. The van der Waals surface area contributed by atoms with Crippen molar-refractivity contribution >= 4 is 0 Å². The highest BCUT2D eigenvalue weighted by Crippen LogP contribution is 2.24. The minimum atomic E-state index is -4.67. The molecule has 1 aromatic carbocycles. The molecule has 8 heteroatoms. The van der Waals surface area contributed by atoms with E-state index in [0.29, 0.717) is 12.4 Å². The monoisotopic (exact) mass is 300 g/mol. The zero-order chi connectivity index (χ0) is 15.5. The number of aromatic nitrogens is 3. The summed E-state index contributed by atoms with van der Waals surface area (Å²) in [6.45, 7) is 2.38. The Bertz CT molecular complexity index is 580. The lowest BCUT2D eigenvalue weighted by molar-refractivity contribution is -0.274. The second kappa shape index (κ2) is 6.13. The maximum atomic E-state index is 12.1. The Balaban J connectivity index is 1.91. The quantitative estimate of drug-likeness (QED) is 0.922. The minimum Gasteiger partial charge on any atom is -0.406 e. The average molecular weight is 300 g/mol. The molecule has 0 spiro atoms. The van der Waals surface area contributed by atoms with Gasteiger partial charge in [-0.2, -0.15) is 5.10 Å². The molecule has 0 aliphatic rings. The van der Waals surface area contributed by atoms with Gasteiger partial charge in [0, 0.05) is 13.1 Å². The molecule has 0 aliphatic carbocycles. The van der Waals surface area contributed by atoms with Gasteiger partial charge in [0.05, 0.1) is 6.54 Å². The number of hydrogen-bond acceptors (Lipinski definition) is 4. The van der Waals surface area contributed by atoms with Gasteiger partial charge in [0.25, 0.3) is 0 Å². The van der Waals surface area contributed by atoms with Crippen LogP contribution in [0.1, 0.15) is 24.4 Å². The molecule has 1 N–H and O–H groups in total. The summed E-state index contributed by atoms with van der Waals surface area (Å²) in [6, 6.07) is 5.71. The molecule has 2 rings (SSSR count). The minimum absolute atomic E-state index is 0.0475. The fourth-order valence-electron chi connectivity index (χ4n) is 1.79. The number of nitrogens with zero attached hydrogens (tertiary/aromatic N) is 3. The topological polar surface area (TPSA) is 52.0 Å².